The molecule has 1 unspecified atom stereocenters. The molecule has 0 bridgehead atoms. The third-order valence-corrected chi connectivity index (χ3v) is 1.69. The smallest absolute Gasteiger partial charge is 0.0471 e. The minimum atomic E-state index is 0.314. The van der Waals surface area contributed by atoms with Crippen LogP contribution in [0.5, 0.6) is 0 Å². The van der Waals surface area contributed by atoms with Crippen LogP contribution in [-0.2, 0) is 0 Å². The van der Waals surface area contributed by atoms with Gasteiger partial charge in [-0.3, -0.25) is 10.9 Å². The van der Waals surface area contributed by atoms with E-state index >= 15 is 0 Å². The number of nitrogens with one attached hydrogen (secondary N) is 2. The summed E-state index contributed by atoms with van der Waals surface area (Å²) in [4.78, 5) is 0. The summed E-state index contributed by atoms with van der Waals surface area (Å²) in [6.07, 6.45) is 2.30. The second kappa shape index (κ2) is 3.82. The van der Waals surface area contributed by atoms with Crippen molar-refractivity contribution in [3.8, 4) is 0 Å². The molecule has 0 spiro atoms. The SMILES string of the molecule is OCC1CCCNNC1. The van der Waals surface area contributed by atoms with Gasteiger partial charge in [-0.15, -0.1) is 0 Å². The molecule has 1 fully saturated rings. The molecule has 0 aromatic carbocycles. The Morgan fingerprint density at radius 1 is 1.44 bits per heavy atom. The van der Waals surface area contributed by atoms with Crippen molar-refractivity contribution < 1.29 is 5.11 Å². The van der Waals surface area contributed by atoms with Crippen molar-refractivity contribution in [2.75, 3.05) is 19.7 Å². The van der Waals surface area contributed by atoms with E-state index in [1.54, 1.807) is 0 Å². The summed E-state index contributed by atoms with van der Waals surface area (Å²) in [5.41, 5.74) is 6.09. The predicted octanol–water partition coefficient (Wildman–Crippen LogP) is -0.517. The maximum absolute atomic E-state index is 8.75. The molecule has 1 aliphatic rings. The molecule has 0 aliphatic carbocycles. The number of hydrogen-bond donors (Lipinski definition) is 3. The van der Waals surface area contributed by atoms with E-state index in [4.69, 9.17) is 5.11 Å². The molecule has 9 heavy (non-hydrogen) atoms. The van der Waals surface area contributed by atoms with Gasteiger partial charge in [-0.1, -0.05) is 0 Å². The van der Waals surface area contributed by atoms with E-state index in [1.165, 1.54) is 0 Å². The lowest BCUT2D eigenvalue weighted by molar-refractivity contribution is 0.218. The van der Waals surface area contributed by atoms with Crippen LogP contribution >= 0.6 is 0 Å². The molecule has 3 heteroatoms. The highest BCUT2D eigenvalue weighted by Gasteiger charge is 2.08. The Morgan fingerprint density at radius 2 is 2.33 bits per heavy atom. The summed E-state index contributed by atoms with van der Waals surface area (Å²) in [7, 11) is 0. The van der Waals surface area contributed by atoms with Crippen molar-refractivity contribution in [2.45, 2.75) is 12.8 Å². The second-order valence-corrected chi connectivity index (χ2v) is 2.50. The van der Waals surface area contributed by atoms with Crippen LogP contribution in [0, 0.1) is 5.92 Å². The Bertz CT molecular complexity index is 69.5. The molecule has 1 saturated heterocycles. The Labute approximate surface area is 55.4 Å². The quantitative estimate of drug-likeness (QED) is 0.447. The average Bonchev–Trinajstić information content (AvgIpc) is 2.13. The first-order valence-electron chi connectivity index (χ1n) is 3.50. The number of hydrazine groups is 1. The molecule has 0 aromatic rings. The molecule has 54 valence electrons. The highest BCUT2D eigenvalue weighted by atomic mass is 16.3. The van der Waals surface area contributed by atoms with Gasteiger partial charge < -0.3 is 5.11 Å². The minimum Gasteiger partial charge on any atom is -0.396 e. The Morgan fingerprint density at radius 3 is 3.11 bits per heavy atom. The highest BCUT2D eigenvalue weighted by Crippen LogP contribution is 2.04. The van der Waals surface area contributed by atoms with Crippen LogP contribution in [-0.4, -0.2) is 24.8 Å². The van der Waals surface area contributed by atoms with E-state index in [2.05, 4.69) is 10.9 Å². The Hall–Kier alpha value is -0.120. The van der Waals surface area contributed by atoms with Gasteiger partial charge in [-0.2, -0.15) is 0 Å². The molecule has 1 rings (SSSR count). The van der Waals surface area contributed by atoms with Gasteiger partial charge in [0.05, 0.1) is 0 Å². The van der Waals surface area contributed by atoms with Crippen LogP contribution < -0.4 is 10.9 Å². The summed E-state index contributed by atoms with van der Waals surface area (Å²) >= 11 is 0. The first kappa shape index (κ1) is 6.99. The van der Waals surface area contributed by atoms with Crippen LogP contribution in [0.4, 0.5) is 0 Å². The monoisotopic (exact) mass is 130 g/mol. The molecular formula is C6H14N2O. The van der Waals surface area contributed by atoms with Gasteiger partial charge in [0.25, 0.3) is 0 Å². The van der Waals surface area contributed by atoms with Crippen LogP contribution in [0.1, 0.15) is 12.8 Å². The van der Waals surface area contributed by atoms with E-state index in [1.807, 2.05) is 0 Å². The maximum atomic E-state index is 8.75. The zero-order valence-electron chi connectivity index (χ0n) is 5.56. The fraction of sp³-hybridized carbons (Fsp3) is 1.00. The Kier molecular flexibility index (Phi) is 2.97. The summed E-state index contributed by atoms with van der Waals surface area (Å²) in [5.74, 6) is 0.458. The van der Waals surface area contributed by atoms with Gasteiger partial charge in [0.1, 0.15) is 0 Å². The Balaban J connectivity index is 2.18. The molecule has 3 N–H and O–H groups in total. The topological polar surface area (TPSA) is 44.3 Å². The summed E-state index contributed by atoms with van der Waals surface area (Å²) < 4.78 is 0. The lowest BCUT2D eigenvalue weighted by Gasteiger charge is -2.08. The largest absolute Gasteiger partial charge is 0.396 e. The molecule has 0 radical (unpaired) electrons. The van der Waals surface area contributed by atoms with Crippen LogP contribution in [0.25, 0.3) is 0 Å². The van der Waals surface area contributed by atoms with Crippen LogP contribution in [0.2, 0.25) is 0 Å². The van der Waals surface area contributed by atoms with E-state index in [0.29, 0.717) is 12.5 Å². The number of rotatable bonds is 1. The fourth-order valence-corrected chi connectivity index (χ4v) is 1.04. The molecule has 1 heterocycles. The first-order valence-corrected chi connectivity index (χ1v) is 3.50. The summed E-state index contributed by atoms with van der Waals surface area (Å²) in [6, 6.07) is 0. The second-order valence-electron chi connectivity index (χ2n) is 2.50. The van der Waals surface area contributed by atoms with Gasteiger partial charge >= 0.3 is 0 Å². The van der Waals surface area contributed by atoms with Gasteiger partial charge in [0, 0.05) is 19.7 Å². The first-order chi connectivity index (χ1) is 4.43. The van der Waals surface area contributed by atoms with Crippen LogP contribution in [0.3, 0.4) is 0 Å². The van der Waals surface area contributed by atoms with Crippen molar-refractivity contribution in [1.82, 2.24) is 10.9 Å². The third kappa shape index (κ3) is 2.30. The summed E-state index contributed by atoms with van der Waals surface area (Å²) in [5, 5.41) is 8.75. The normalized spacial score (nSPS) is 29.7. The summed E-state index contributed by atoms with van der Waals surface area (Å²) in [6.45, 7) is 2.24. The number of hydrogen-bond acceptors (Lipinski definition) is 3. The zero-order valence-corrected chi connectivity index (χ0v) is 5.56. The van der Waals surface area contributed by atoms with Crippen molar-refractivity contribution >= 4 is 0 Å². The molecule has 1 aliphatic heterocycles. The highest BCUT2D eigenvalue weighted by molar-refractivity contribution is 4.63. The third-order valence-electron chi connectivity index (χ3n) is 1.69. The molecule has 0 aromatic heterocycles. The fourth-order valence-electron chi connectivity index (χ4n) is 1.04. The van der Waals surface area contributed by atoms with Crippen LogP contribution in [0.15, 0.2) is 0 Å². The minimum absolute atomic E-state index is 0.314. The zero-order chi connectivity index (χ0) is 6.53. The van der Waals surface area contributed by atoms with Crippen molar-refractivity contribution in [1.29, 1.82) is 0 Å². The number of aliphatic hydroxyl groups excluding tert-OH is 1. The van der Waals surface area contributed by atoms with Crippen molar-refractivity contribution in [2.24, 2.45) is 5.92 Å². The van der Waals surface area contributed by atoms with E-state index in [-0.39, 0.29) is 0 Å². The van der Waals surface area contributed by atoms with Gasteiger partial charge in [0.15, 0.2) is 0 Å². The van der Waals surface area contributed by atoms with Gasteiger partial charge in [-0.05, 0) is 18.8 Å². The van der Waals surface area contributed by atoms with E-state index in [9.17, 15) is 0 Å². The van der Waals surface area contributed by atoms with Gasteiger partial charge in [-0.25, -0.2) is 0 Å². The lowest BCUT2D eigenvalue weighted by Crippen LogP contribution is -2.33. The maximum Gasteiger partial charge on any atom is 0.0471 e. The van der Waals surface area contributed by atoms with E-state index < -0.39 is 0 Å². The van der Waals surface area contributed by atoms with Gasteiger partial charge in [0.2, 0.25) is 0 Å². The molecular weight excluding hydrogens is 116 g/mol. The molecule has 1 atom stereocenters. The molecule has 0 amide bonds. The van der Waals surface area contributed by atoms with E-state index in [0.717, 1.165) is 25.9 Å². The average molecular weight is 130 g/mol. The molecule has 3 nitrogen and oxygen atoms in total. The molecule has 0 saturated carbocycles. The van der Waals surface area contributed by atoms with Crippen molar-refractivity contribution in [3.05, 3.63) is 0 Å². The lowest BCUT2D eigenvalue weighted by atomic mass is 10.1. The van der Waals surface area contributed by atoms with Crippen molar-refractivity contribution in [3.63, 3.8) is 0 Å². The standard InChI is InChI=1S/C6H14N2O/c9-5-6-2-1-3-7-8-4-6/h6-9H,1-5H2. The predicted molar refractivity (Wildman–Crippen MR) is 35.8 cm³/mol. The number of aliphatic hydroxyl groups is 1.